The molecule has 0 aliphatic carbocycles. The van der Waals surface area contributed by atoms with Crippen LogP contribution in [0.15, 0.2) is 0 Å². The van der Waals surface area contributed by atoms with Gasteiger partial charge in [0.15, 0.2) is 0 Å². The van der Waals surface area contributed by atoms with Gasteiger partial charge in [0.1, 0.15) is 0 Å². The van der Waals surface area contributed by atoms with Crippen molar-refractivity contribution >= 4 is 12.0 Å². The second-order valence-electron chi connectivity index (χ2n) is 5.15. The number of halogens is 3. The molecule has 21 heavy (non-hydrogen) atoms. The number of amides is 2. The summed E-state index contributed by atoms with van der Waals surface area (Å²) in [5.41, 5.74) is -3.31. The average molecular weight is 313 g/mol. The monoisotopic (exact) mass is 313 g/mol. The molecule has 0 aromatic rings. The number of carbonyl (C=O) groups is 2. The van der Waals surface area contributed by atoms with E-state index >= 15 is 0 Å². The van der Waals surface area contributed by atoms with Crippen LogP contribution in [0.3, 0.4) is 0 Å². The third-order valence-electron chi connectivity index (χ3n) is 2.95. The highest BCUT2D eigenvalue weighted by Gasteiger charge is 2.58. The standard InChI is InChI=1S/C12H22F3N3O3/c1-5-6-18(8-7-17(3)4)10(21)16-11(2,9(19)20)12(13,14)15/h5-8H2,1-4H3,(H,16,21)(H,19,20). The minimum absolute atomic E-state index is 0.209. The number of carboxylic acid groups (broad SMARTS) is 1. The summed E-state index contributed by atoms with van der Waals surface area (Å²) in [5.74, 6) is -2.15. The Kier molecular flexibility index (Phi) is 6.95. The van der Waals surface area contributed by atoms with Crippen molar-refractivity contribution in [3.8, 4) is 0 Å². The molecular weight excluding hydrogens is 291 g/mol. The van der Waals surface area contributed by atoms with Crippen LogP contribution >= 0.6 is 0 Å². The number of alkyl halides is 3. The molecule has 1 unspecified atom stereocenters. The minimum Gasteiger partial charge on any atom is -0.479 e. The van der Waals surface area contributed by atoms with Gasteiger partial charge in [-0.05, 0) is 27.4 Å². The number of rotatable bonds is 7. The zero-order valence-corrected chi connectivity index (χ0v) is 12.6. The van der Waals surface area contributed by atoms with E-state index in [9.17, 15) is 22.8 Å². The maximum atomic E-state index is 12.9. The van der Waals surface area contributed by atoms with Crippen LogP contribution in [0, 0.1) is 0 Å². The number of hydrogen-bond acceptors (Lipinski definition) is 3. The predicted octanol–water partition coefficient (Wildman–Crippen LogP) is 1.38. The van der Waals surface area contributed by atoms with Crippen molar-refractivity contribution in [3.63, 3.8) is 0 Å². The highest BCUT2D eigenvalue weighted by Crippen LogP contribution is 2.30. The molecule has 0 heterocycles. The third-order valence-corrected chi connectivity index (χ3v) is 2.95. The van der Waals surface area contributed by atoms with E-state index in [1.54, 1.807) is 31.2 Å². The Morgan fingerprint density at radius 3 is 2.00 bits per heavy atom. The van der Waals surface area contributed by atoms with Crippen molar-refractivity contribution in [2.75, 3.05) is 33.7 Å². The van der Waals surface area contributed by atoms with Crippen LogP contribution in [0.4, 0.5) is 18.0 Å². The summed E-state index contributed by atoms with van der Waals surface area (Å²) >= 11 is 0. The Hall–Kier alpha value is -1.51. The van der Waals surface area contributed by atoms with Crippen LogP contribution in [0.1, 0.15) is 20.3 Å². The largest absolute Gasteiger partial charge is 0.479 e. The fourth-order valence-electron chi connectivity index (χ4n) is 1.44. The lowest BCUT2D eigenvalue weighted by Gasteiger charge is -2.32. The second kappa shape index (κ2) is 7.48. The minimum atomic E-state index is -5.09. The molecule has 9 heteroatoms. The third kappa shape index (κ3) is 5.41. The zero-order chi connectivity index (χ0) is 16.8. The van der Waals surface area contributed by atoms with E-state index in [1.165, 1.54) is 4.90 Å². The average Bonchev–Trinajstić information content (AvgIpc) is 2.32. The maximum Gasteiger partial charge on any atom is 0.422 e. The van der Waals surface area contributed by atoms with Gasteiger partial charge in [0, 0.05) is 19.6 Å². The van der Waals surface area contributed by atoms with Crippen LogP contribution in [-0.2, 0) is 4.79 Å². The van der Waals surface area contributed by atoms with E-state index in [2.05, 4.69) is 0 Å². The van der Waals surface area contributed by atoms with Crippen LogP contribution in [0.2, 0.25) is 0 Å². The van der Waals surface area contributed by atoms with Crippen molar-refractivity contribution in [1.29, 1.82) is 0 Å². The number of urea groups is 1. The normalized spacial score (nSPS) is 14.7. The molecule has 0 rings (SSSR count). The zero-order valence-electron chi connectivity index (χ0n) is 12.6. The van der Waals surface area contributed by atoms with E-state index in [-0.39, 0.29) is 13.1 Å². The molecule has 0 aliphatic heterocycles. The van der Waals surface area contributed by atoms with Crippen molar-refractivity contribution in [2.45, 2.75) is 32.0 Å². The van der Waals surface area contributed by atoms with Gasteiger partial charge in [-0.15, -0.1) is 0 Å². The fraction of sp³-hybridized carbons (Fsp3) is 0.833. The molecule has 0 fully saturated rings. The van der Waals surface area contributed by atoms with Crippen molar-refractivity contribution in [1.82, 2.24) is 15.1 Å². The number of nitrogens with zero attached hydrogens (tertiary/aromatic N) is 2. The molecule has 2 N–H and O–H groups in total. The summed E-state index contributed by atoms with van der Waals surface area (Å²) in [4.78, 5) is 25.8. The van der Waals surface area contributed by atoms with Gasteiger partial charge in [0.25, 0.3) is 0 Å². The molecule has 0 bridgehead atoms. The van der Waals surface area contributed by atoms with Crippen molar-refractivity contribution in [3.05, 3.63) is 0 Å². The van der Waals surface area contributed by atoms with Gasteiger partial charge in [-0.1, -0.05) is 6.92 Å². The number of carboxylic acids is 1. The molecule has 0 saturated carbocycles. The van der Waals surface area contributed by atoms with Gasteiger partial charge in [-0.2, -0.15) is 13.2 Å². The van der Waals surface area contributed by atoms with Gasteiger partial charge in [0.2, 0.25) is 5.54 Å². The topological polar surface area (TPSA) is 72.9 Å². The lowest BCUT2D eigenvalue weighted by atomic mass is 10.0. The van der Waals surface area contributed by atoms with Crippen LogP contribution in [-0.4, -0.2) is 72.4 Å². The Morgan fingerprint density at radius 1 is 1.14 bits per heavy atom. The first-order valence-electron chi connectivity index (χ1n) is 6.47. The number of carbonyl (C=O) groups excluding carboxylic acids is 1. The SMILES string of the molecule is CCCN(CCN(C)C)C(=O)NC(C)(C(=O)O)C(F)(F)F. The first-order chi connectivity index (χ1) is 9.45. The summed E-state index contributed by atoms with van der Waals surface area (Å²) in [6.07, 6.45) is -4.54. The second-order valence-corrected chi connectivity index (χ2v) is 5.15. The van der Waals surface area contributed by atoms with Gasteiger partial charge >= 0.3 is 18.2 Å². The van der Waals surface area contributed by atoms with Gasteiger partial charge in [0.05, 0.1) is 0 Å². The number of aliphatic carboxylic acids is 1. The Balaban J connectivity index is 5.05. The Bertz CT molecular complexity index is 374. The predicted molar refractivity (Wildman–Crippen MR) is 71.0 cm³/mol. The number of likely N-dealkylation sites (N-methyl/N-ethyl adjacent to an activating group) is 1. The molecule has 0 radical (unpaired) electrons. The molecule has 124 valence electrons. The molecule has 0 saturated heterocycles. The Labute approximate surface area is 121 Å². The lowest BCUT2D eigenvalue weighted by molar-refractivity contribution is -0.203. The number of nitrogens with one attached hydrogen (secondary N) is 1. The summed E-state index contributed by atoms with van der Waals surface area (Å²) < 4.78 is 38.6. The Morgan fingerprint density at radius 2 is 1.67 bits per heavy atom. The summed E-state index contributed by atoms with van der Waals surface area (Å²) in [7, 11) is 3.53. The summed E-state index contributed by atoms with van der Waals surface area (Å²) in [5, 5.41) is 10.4. The molecular formula is C12H22F3N3O3. The fourth-order valence-corrected chi connectivity index (χ4v) is 1.44. The van der Waals surface area contributed by atoms with E-state index < -0.39 is 23.7 Å². The van der Waals surface area contributed by atoms with Crippen molar-refractivity contribution in [2.24, 2.45) is 0 Å². The van der Waals surface area contributed by atoms with E-state index in [0.29, 0.717) is 19.9 Å². The van der Waals surface area contributed by atoms with Gasteiger partial charge in [-0.25, -0.2) is 9.59 Å². The first kappa shape index (κ1) is 19.5. The first-order valence-corrected chi connectivity index (χ1v) is 6.47. The smallest absolute Gasteiger partial charge is 0.422 e. The molecule has 0 spiro atoms. The van der Waals surface area contributed by atoms with E-state index in [0.717, 1.165) is 0 Å². The quantitative estimate of drug-likeness (QED) is 0.745. The van der Waals surface area contributed by atoms with E-state index in [4.69, 9.17) is 5.11 Å². The van der Waals surface area contributed by atoms with Crippen molar-refractivity contribution < 1.29 is 27.9 Å². The summed E-state index contributed by atoms with van der Waals surface area (Å²) in [6, 6.07) is -1.04. The molecule has 0 aliphatic rings. The highest BCUT2D eigenvalue weighted by atomic mass is 19.4. The van der Waals surface area contributed by atoms with Gasteiger partial charge in [-0.3, -0.25) is 0 Å². The molecule has 2 amide bonds. The molecule has 6 nitrogen and oxygen atoms in total. The molecule has 0 aromatic carbocycles. The highest BCUT2D eigenvalue weighted by molar-refractivity contribution is 5.86. The van der Waals surface area contributed by atoms with E-state index in [1.807, 2.05) is 0 Å². The lowest BCUT2D eigenvalue weighted by Crippen LogP contribution is -2.64. The molecule has 0 aromatic heterocycles. The van der Waals surface area contributed by atoms with Crippen LogP contribution in [0.25, 0.3) is 0 Å². The number of hydrogen-bond donors (Lipinski definition) is 2. The summed E-state index contributed by atoms with van der Waals surface area (Å²) in [6.45, 7) is 3.12. The van der Waals surface area contributed by atoms with Crippen LogP contribution < -0.4 is 5.32 Å². The molecule has 1 atom stereocenters. The maximum absolute atomic E-state index is 12.9. The van der Waals surface area contributed by atoms with Crippen LogP contribution in [0.5, 0.6) is 0 Å². The van der Waals surface area contributed by atoms with Gasteiger partial charge < -0.3 is 20.2 Å².